The van der Waals surface area contributed by atoms with E-state index in [9.17, 15) is 18.0 Å². The molecular weight excluding hydrogens is 325 g/mol. The molecule has 0 unspecified atom stereocenters. The van der Waals surface area contributed by atoms with Crippen molar-refractivity contribution in [3.8, 4) is 0 Å². The zero-order chi connectivity index (χ0) is 17.6. The van der Waals surface area contributed by atoms with Crippen LogP contribution in [-0.2, 0) is 27.4 Å². The Bertz CT molecular complexity index is 534. The lowest BCUT2D eigenvalue weighted by Crippen LogP contribution is -2.55. The van der Waals surface area contributed by atoms with Gasteiger partial charge in [0, 0.05) is 13.1 Å². The molecule has 1 aromatic carbocycles. The number of morpholine rings is 1. The quantitative estimate of drug-likeness (QED) is 0.824. The first-order valence-electron chi connectivity index (χ1n) is 7.70. The van der Waals surface area contributed by atoms with Crippen molar-refractivity contribution < 1.29 is 27.4 Å². The van der Waals surface area contributed by atoms with Crippen LogP contribution in [0, 0.1) is 0 Å². The summed E-state index contributed by atoms with van der Waals surface area (Å²) >= 11 is 0. The zero-order valence-electron chi connectivity index (χ0n) is 13.4. The number of nitrogens with one attached hydrogen (secondary N) is 2. The second kappa shape index (κ2) is 8.46. The van der Waals surface area contributed by atoms with Crippen molar-refractivity contribution in [1.82, 2.24) is 10.6 Å². The second-order valence-corrected chi connectivity index (χ2v) is 5.65. The molecule has 2 rings (SSSR count). The Labute approximate surface area is 138 Å². The van der Waals surface area contributed by atoms with Crippen LogP contribution < -0.4 is 10.6 Å². The highest BCUT2D eigenvalue weighted by Gasteiger charge is 2.28. The van der Waals surface area contributed by atoms with Crippen LogP contribution in [0.2, 0.25) is 0 Å². The monoisotopic (exact) mass is 346 g/mol. The fraction of sp³-hybridized carbons (Fsp3) is 0.562. The predicted molar refractivity (Wildman–Crippen MR) is 81.2 cm³/mol. The van der Waals surface area contributed by atoms with Crippen LogP contribution in [0.15, 0.2) is 24.3 Å². The average molecular weight is 346 g/mol. The number of alkyl halides is 3. The molecule has 134 valence electrons. The molecule has 0 saturated carbocycles. The van der Waals surface area contributed by atoms with Crippen LogP contribution in [0.1, 0.15) is 18.1 Å². The topological polar surface area (TPSA) is 59.6 Å². The third kappa shape index (κ3) is 6.10. The van der Waals surface area contributed by atoms with Crippen molar-refractivity contribution in [2.24, 2.45) is 0 Å². The minimum absolute atomic E-state index is 0.104. The van der Waals surface area contributed by atoms with Gasteiger partial charge in [-0.3, -0.25) is 4.79 Å². The molecule has 1 amide bonds. The molecular formula is C16H21F3N2O3. The van der Waals surface area contributed by atoms with Crippen molar-refractivity contribution in [1.29, 1.82) is 0 Å². The number of halogens is 3. The molecule has 5 nitrogen and oxygen atoms in total. The van der Waals surface area contributed by atoms with Crippen LogP contribution in [-0.4, -0.2) is 44.0 Å². The molecule has 0 aliphatic carbocycles. The Hall–Kier alpha value is -1.64. The summed E-state index contributed by atoms with van der Waals surface area (Å²) in [5, 5.41) is 5.92. The zero-order valence-corrected chi connectivity index (χ0v) is 13.4. The number of hydrogen-bond acceptors (Lipinski definition) is 4. The third-order valence-corrected chi connectivity index (χ3v) is 3.62. The highest BCUT2D eigenvalue weighted by atomic mass is 19.4. The average Bonchev–Trinajstić information content (AvgIpc) is 2.53. The third-order valence-electron chi connectivity index (χ3n) is 3.62. The Morgan fingerprint density at radius 3 is 2.62 bits per heavy atom. The SMILES string of the molecule is C[C@H]1OCCN[C@@H]1C(=O)NCc1ccc(COCC(F)(F)F)cc1. The van der Waals surface area contributed by atoms with Crippen molar-refractivity contribution in [2.45, 2.75) is 38.4 Å². The minimum Gasteiger partial charge on any atom is -0.375 e. The Kier molecular flexibility index (Phi) is 6.59. The summed E-state index contributed by atoms with van der Waals surface area (Å²) in [5.74, 6) is -0.139. The van der Waals surface area contributed by atoms with E-state index in [4.69, 9.17) is 4.74 Å². The van der Waals surface area contributed by atoms with Gasteiger partial charge in [0.25, 0.3) is 0 Å². The first kappa shape index (κ1) is 18.7. The maximum atomic E-state index is 12.1. The maximum absolute atomic E-state index is 12.1. The van der Waals surface area contributed by atoms with Crippen molar-refractivity contribution in [3.63, 3.8) is 0 Å². The Morgan fingerprint density at radius 2 is 2.00 bits per heavy atom. The van der Waals surface area contributed by atoms with Gasteiger partial charge in [0.1, 0.15) is 12.6 Å². The van der Waals surface area contributed by atoms with Gasteiger partial charge in [0.2, 0.25) is 5.91 Å². The van der Waals surface area contributed by atoms with E-state index < -0.39 is 12.8 Å². The van der Waals surface area contributed by atoms with Gasteiger partial charge in [-0.25, -0.2) is 0 Å². The number of amides is 1. The molecule has 2 atom stereocenters. The summed E-state index contributed by atoms with van der Waals surface area (Å²) in [4.78, 5) is 12.1. The lowest BCUT2D eigenvalue weighted by molar-refractivity contribution is -0.176. The first-order chi connectivity index (χ1) is 11.3. The van der Waals surface area contributed by atoms with Crippen LogP contribution >= 0.6 is 0 Å². The summed E-state index contributed by atoms with van der Waals surface area (Å²) in [7, 11) is 0. The van der Waals surface area contributed by atoms with Crippen LogP contribution in [0.3, 0.4) is 0 Å². The van der Waals surface area contributed by atoms with Gasteiger partial charge in [-0.1, -0.05) is 24.3 Å². The lowest BCUT2D eigenvalue weighted by Gasteiger charge is -2.29. The number of carbonyl (C=O) groups is 1. The van der Waals surface area contributed by atoms with Crippen molar-refractivity contribution in [3.05, 3.63) is 35.4 Å². The van der Waals surface area contributed by atoms with E-state index >= 15 is 0 Å². The maximum Gasteiger partial charge on any atom is 0.411 e. The summed E-state index contributed by atoms with van der Waals surface area (Å²) < 4.78 is 46.0. The van der Waals surface area contributed by atoms with Crippen molar-refractivity contribution >= 4 is 5.91 Å². The molecule has 24 heavy (non-hydrogen) atoms. The van der Waals surface area contributed by atoms with Gasteiger partial charge < -0.3 is 20.1 Å². The largest absolute Gasteiger partial charge is 0.411 e. The number of rotatable bonds is 6. The molecule has 0 aromatic heterocycles. The first-order valence-corrected chi connectivity index (χ1v) is 7.70. The van der Waals surface area contributed by atoms with Gasteiger partial charge in [-0.05, 0) is 18.1 Å². The molecule has 1 fully saturated rings. The molecule has 1 heterocycles. The normalized spacial score (nSPS) is 21.5. The Morgan fingerprint density at radius 1 is 1.33 bits per heavy atom. The van der Waals surface area contributed by atoms with E-state index in [2.05, 4.69) is 15.4 Å². The van der Waals surface area contributed by atoms with Crippen molar-refractivity contribution in [2.75, 3.05) is 19.8 Å². The van der Waals surface area contributed by atoms with Gasteiger partial charge in [0.05, 0.1) is 19.3 Å². The molecule has 1 saturated heterocycles. The van der Waals surface area contributed by atoms with E-state index in [1.54, 1.807) is 24.3 Å². The summed E-state index contributed by atoms with van der Waals surface area (Å²) in [6.07, 6.45) is -4.51. The van der Waals surface area contributed by atoms with E-state index in [-0.39, 0.29) is 24.7 Å². The minimum atomic E-state index is -4.32. The summed E-state index contributed by atoms with van der Waals surface area (Å²) in [6, 6.07) is 6.49. The number of hydrogen-bond donors (Lipinski definition) is 2. The molecule has 1 aromatic rings. The van der Waals surface area contributed by atoms with Crippen LogP contribution in [0.4, 0.5) is 13.2 Å². The van der Waals surface area contributed by atoms with E-state index in [1.807, 2.05) is 6.92 Å². The van der Waals surface area contributed by atoms with Gasteiger partial charge in [-0.2, -0.15) is 13.2 Å². The fourth-order valence-corrected chi connectivity index (χ4v) is 2.36. The van der Waals surface area contributed by atoms with E-state index in [0.29, 0.717) is 25.3 Å². The summed E-state index contributed by atoms with van der Waals surface area (Å²) in [5.41, 5.74) is 1.50. The Balaban J connectivity index is 1.76. The lowest BCUT2D eigenvalue weighted by atomic mass is 10.1. The predicted octanol–water partition coefficient (Wildman–Crippen LogP) is 1.76. The van der Waals surface area contributed by atoms with E-state index in [1.165, 1.54) is 0 Å². The summed E-state index contributed by atoms with van der Waals surface area (Å²) in [6.45, 7) is 2.03. The van der Waals surface area contributed by atoms with Crippen LogP contribution in [0.25, 0.3) is 0 Å². The molecule has 0 spiro atoms. The molecule has 0 radical (unpaired) electrons. The number of carbonyl (C=O) groups excluding carboxylic acids is 1. The molecule has 0 bridgehead atoms. The highest BCUT2D eigenvalue weighted by Crippen LogP contribution is 2.16. The second-order valence-electron chi connectivity index (χ2n) is 5.65. The van der Waals surface area contributed by atoms with Gasteiger partial charge in [-0.15, -0.1) is 0 Å². The number of ether oxygens (including phenoxy) is 2. The highest BCUT2D eigenvalue weighted by molar-refractivity contribution is 5.82. The molecule has 1 aliphatic rings. The van der Waals surface area contributed by atoms with Gasteiger partial charge in [0.15, 0.2) is 0 Å². The molecule has 1 aliphatic heterocycles. The molecule has 2 N–H and O–H groups in total. The smallest absolute Gasteiger partial charge is 0.375 e. The number of benzene rings is 1. The standard InChI is InChI=1S/C16H21F3N2O3/c1-11-14(20-6-7-24-11)15(22)21-8-12-2-4-13(5-3-12)9-23-10-16(17,18)19/h2-5,11,14,20H,6-10H2,1H3,(H,21,22)/t11-,14+/m1/s1. The van der Waals surface area contributed by atoms with Gasteiger partial charge >= 0.3 is 6.18 Å². The fourth-order valence-electron chi connectivity index (χ4n) is 2.36. The van der Waals surface area contributed by atoms with Crippen LogP contribution in [0.5, 0.6) is 0 Å². The molecule has 8 heteroatoms. The van der Waals surface area contributed by atoms with E-state index in [0.717, 1.165) is 5.56 Å².